The highest BCUT2D eigenvalue weighted by Crippen LogP contribution is 2.31. The molecule has 2 heterocycles. The van der Waals surface area contributed by atoms with Gasteiger partial charge in [0.1, 0.15) is 11.9 Å². The smallest absolute Gasteiger partial charge is 0.416 e. The minimum absolute atomic E-state index is 0.00354. The highest BCUT2D eigenvalue weighted by atomic mass is 32.2. The third-order valence-corrected chi connectivity index (χ3v) is 6.89. The summed E-state index contributed by atoms with van der Waals surface area (Å²) in [5.41, 5.74) is -0.0876. The second-order valence-corrected chi connectivity index (χ2v) is 9.44. The van der Waals surface area contributed by atoms with Crippen LogP contribution in [0.3, 0.4) is 0 Å². The van der Waals surface area contributed by atoms with Crippen molar-refractivity contribution in [3.8, 4) is 17.1 Å². The number of oxazole rings is 1. The third kappa shape index (κ3) is 5.73. The van der Waals surface area contributed by atoms with Crippen LogP contribution in [0.25, 0.3) is 11.3 Å². The number of aromatic nitrogens is 1. The van der Waals surface area contributed by atoms with Gasteiger partial charge in [0.15, 0.2) is 12.2 Å². The summed E-state index contributed by atoms with van der Waals surface area (Å²) in [5, 5.41) is 3.20. The average Bonchev–Trinajstić information content (AvgIpc) is 3.51. The molecule has 2 N–H and O–H groups in total. The van der Waals surface area contributed by atoms with Gasteiger partial charge in [-0.3, -0.25) is 0 Å². The van der Waals surface area contributed by atoms with Gasteiger partial charge in [0, 0.05) is 24.6 Å². The quantitative estimate of drug-likeness (QED) is 0.510. The van der Waals surface area contributed by atoms with Crippen LogP contribution < -0.4 is 14.8 Å². The molecule has 4 rings (SSSR count). The lowest BCUT2D eigenvalue weighted by atomic mass is 10.0. The van der Waals surface area contributed by atoms with Crippen molar-refractivity contribution in [2.75, 3.05) is 19.6 Å². The Labute approximate surface area is 189 Å². The van der Waals surface area contributed by atoms with Gasteiger partial charge in [0.05, 0.1) is 16.7 Å². The summed E-state index contributed by atoms with van der Waals surface area (Å²) >= 11 is 0. The van der Waals surface area contributed by atoms with E-state index in [1.807, 2.05) is 0 Å². The first kappa shape index (κ1) is 23.3. The zero-order valence-electron chi connectivity index (χ0n) is 17.4. The summed E-state index contributed by atoms with van der Waals surface area (Å²) in [7, 11) is -3.83. The summed E-state index contributed by atoms with van der Waals surface area (Å²) in [5.74, 6) is 0.768. The number of halogens is 3. The van der Waals surface area contributed by atoms with Crippen molar-refractivity contribution in [1.29, 1.82) is 0 Å². The molecule has 3 aromatic rings. The molecule has 0 aliphatic carbocycles. The normalized spacial score (nSPS) is 17.7. The zero-order valence-corrected chi connectivity index (χ0v) is 18.2. The Morgan fingerprint density at radius 1 is 1.15 bits per heavy atom. The second-order valence-electron chi connectivity index (χ2n) is 7.67. The predicted octanol–water partition coefficient (Wildman–Crippen LogP) is 3.70. The molecule has 7 nitrogen and oxygen atoms in total. The Kier molecular flexibility index (Phi) is 6.73. The van der Waals surface area contributed by atoms with Crippen LogP contribution >= 0.6 is 0 Å². The van der Waals surface area contributed by atoms with Gasteiger partial charge in [0.25, 0.3) is 0 Å². The Morgan fingerprint density at radius 2 is 1.88 bits per heavy atom. The SMILES string of the molecule is O=S(=O)(NC[C@@H](Oc1ccc(C(F)(F)F)cc1)[C@H]1CCNC1)c1ccc(-c2cnco2)cc1. The molecule has 0 spiro atoms. The van der Waals surface area contributed by atoms with Gasteiger partial charge in [-0.05, 0) is 61.5 Å². The van der Waals surface area contributed by atoms with Gasteiger partial charge in [0.2, 0.25) is 10.0 Å². The second kappa shape index (κ2) is 9.54. The number of benzene rings is 2. The summed E-state index contributed by atoms with van der Waals surface area (Å²) < 4.78 is 77.7. The average molecular weight is 481 g/mol. The first-order chi connectivity index (χ1) is 15.7. The number of sulfonamides is 1. The van der Waals surface area contributed by atoms with Gasteiger partial charge < -0.3 is 14.5 Å². The third-order valence-electron chi connectivity index (χ3n) is 5.45. The molecular weight excluding hydrogens is 459 g/mol. The monoisotopic (exact) mass is 481 g/mol. The van der Waals surface area contributed by atoms with E-state index in [-0.39, 0.29) is 23.1 Å². The lowest BCUT2D eigenvalue weighted by Gasteiger charge is -2.25. The van der Waals surface area contributed by atoms with E-state index in [9.17, 15) is 21.6 Å². The predicted molar refractivity (Wildman–Crippen MR) is 114 cm³/mol. The van der Waals surface area contributed by atoms with E-state index < -0.39 is 27.9 Å². The van der Waals surface area contributed by atoms with E-state index in [4.69, 9.17) is 9.15 Å². The van der Waals surface area contributed by atoms with Crippen molar-refractivity contribution < 1.29 is 30.7 Å². The van der Waals surface area contributed by atoms with Crippen molar-refractivity contribution in [2.24, 2.45) is 5.92 Å². The number of hydrogen-bond acceptors (Lipinski definition) is 6. The molecule has 11 heteroatoms. The molecule has 1 aliphatic rings. The van der Waals surface area contributed by atoms with Crippen molar-refractivity contribution in [3.05, 3.63) is 66.7 Å². The highest BCUT2D eigenvalue weighted by Gasteiger charge is 2.31. The van der Waals surface area contributed by atoms with Crippen LogP contribution in [0.1, 0.15) is 12.0 Å². The largest absolute Gasteiger partial charge is 0.489 e. The fourth-order valence-corrected chi connectivity index (χ4v) is 4.67. The van der Waals surface area contributed by atoms with Crippen LogP contribution in [0.4, 0.5) is 13.2 Å². The van der Waals surface area contributed by atoms with E-state index >= 15 is 0 Å². The molecule has 0 radical (unpaired) electrons. The number of hydrogen-bond donors (Lipinski definition) is 2. The molecule has 0 bridgehead atoms. The van der Waals surface area contributed by atoms with E-state index in [2.05, 4.69) is 15.0 Å². The van der Waals surface area contributed by atoms with Crippen LogP contribution in [0.5, 0.6) is 5.75 Å². The number of ether oxygens (including phenoxy) is 1. The van der Waals surface area contributed by atoms with Crippen LogP contribution in [0.15, 0.2) is 70.4 Å². The molecule has 0 amide bonds. The van der Waals surface area contributed by atoms with E-state index in [1.165, 1.54) is 36.9 Å². The Balaban J connectivity index is 1.45. The van der Waals surface area contributed by atoms with Gasteiger partial charge in [-0.2, -0.15) is 13.2 Å². The molecule has 1 aromatic heterocycles. The first-order valence-corrected chi connectivity index (χ1v) is 11.7. The van der Waals surface area contributed by atoms with Gasteiger partial charge in [-0.1, -0.05) is 0 Å². The number of nitrogens with one attached hydrogen (secondary N) is 2. The molecule has 1 saturated heterocycles. The lowest BCUT2D eigenvalue weighted by molar-refractivity contribution is -0.137. The Hall–Kier alpha value is -2.89. The maximum Gasteiger partial charge on any atom is 0.416 e. The lowest BCUT2D eigenvalue weighted by Crippen LogP contribution is -2.40. The summed E-state index contributed by atoms with van der Waals surface area (Å²) in [4.78, 5) is 3.91. The summed E-state index contributed by atoms with van der Waals surface area (Å²) in [6.07, 6.45) is -1.42. The maximum absolute atomic E-state index is 12.8. The van der Waals surface area contributed by atoms with E-state index in [1.54, 1.807) is 12.1 Å². The van der Waals surface area contributed by atoms with Gasteiger partial charge >= 0.3 is 6.18 Å². The van der Waals surface area contributed by atoms with Crippen LogP contribution in [0, 0.1) is 5.92 Å². The fourth-order valence-electron chi connectivity index (χ4n) is 3.63. The van der Waals surface area contributed by atoms with Crippen molar-refractivity contribution in [2.45, 2.75) is 23.6 Å². The first-order valence-electron chi connectivity index (χ1n) is 10.3. The van der Waals surface area contributed by atoms with E-state index in [0.29, 0.717) is 17.9 Å². The Morgan fingerprint density at radius 3 is 2.45 bits per heavy atom. The van der Waals surface area contributed by atoms with Crippen LogP contribution in [0.2, 0.25) is 0 Å². The van der Waals surface area contributed by atoms with Crippen molar-refractivity contribution >= 4 is 10.0 Å². The van der Waals surface area contributed by atoms with Crippen LogP contribution in [-0.2, 0) is 16.2 Å². The topological polar surface area (TPSA) is 93.5 Å². The fraction of sp³-hybridized carbons (Fsp3) is 0.318. The molecule has 0 unspecified atom stereocenters. The Bertz CT molecular complexity index is 1140. The zero-order chi connectivity index (χ0) is 23.5. The standard InChI is InChI=1S/C22H22F3N3O4S/c23-22(24,25)17-3-5-18(6-4-17)32-21(16-9-10-26-11-16)13-28-33(29,30)19-7-1-15(2-8-19)20-12-27-14-31-20/h1-8,12,14,16,21,26,28H,9-11,13H2/t16-,21+/m0/s1. The molecule has 1 aliphatic heterocycles. The summed E-state index contributed by atoms with van der Waals surface area (Å²) in [6.45, 7) is 1.35. The van der Waals surface area contributed by atoms with E-state index in [0.717, 1.165) is 25.1 Å². The van der Waals surface area contributed by atoms with Gasteiger partial charge in [-0.25, -0.2) is 18.1 Å². The summed E-state index contributed by atoms with van der Waals surface area (Å²) in [6, 6.07) is 10.5. The van der Waals surface area contributed by atoms with Crippen molar-refractivity contribution in [3.63, 3.8) is 0 Å². The molecule has 33 heavy (non-hydrogen) atoms. The highest BCUT2D eigenvalue weighted by molar-refractivity contribution is 7.89. The van der Waals surface area contributed by atoms with Crippen LogP contribution in [-0.4, -0.2) is 39.1 Å². The minimum Gasteiger partial charge on any atom is -0.489 e. The number of rotatable bonds is 8. The molecular formula is C22H22F3N3O4S. The molecule has 2 aromatic carbocycles. The number of nitrogens with zero attached hydrogens (tertiary/aromatic N) is 1. The molecule has 176 valence electrons. The van der Waals surface area contributed by atoms with Crippen molar-refractivity contribution in [1.82, 2.24) is 15.0 Å². The maximum atomic E-state index is 12.8. The number of alkyl halides is 3. The minimum atomic E-state index is -4.44. The molecule has 2 atom stereocenters. The molecule has 1 fully saturated rings. The molecule has 0 saturated carbocycles. The van der Waals surface area contributed by atoms with Gasteiger partial charge in [-0.15, -0.1) is 0 Å².